The molecule has 0 aliphatic rings. The molecule has 2 aromatic carbocycles. The lowest BCUT2D eigenvalue weighted by molar-refractivity contribution is 0.0526. The summed E-state index contributed by atoms with van der Waals surface area (Å²) in [5, 5.41) is 0.732. The van der Waals surface area contributed by atoms with Crippen molar-refractivity contribution in [2.24, 2.45) is 0 Å². The second kappa shape index (κ2) is 7.79. The van der Waals surface area contributed by atoms with Gasteiger partial charge in [-0.15, -0.1) is 0 Å². The largest absolute Gasteiger partial charge is 0.462 e. The first-order valence-corrected chi connectivity index (χ1v) is 9.05. The van der Waals surface area contributed by atoms with Crippen LogP contribution in [0, 0.1) is 13.8 Å². The molecule has 1 aromatic heterocycles. The number of hydrogen-bond acceptors (Lipinski definition) is 2. The number of ether oxygens (including phenoxy) is 1. The average Bonchev–Trinajstić information content (AvgIpc) is 3.03. The molecule has 0 bridgehead atoms. The number of esters is 1. The summed E-state index contributed by atoms with van der Waals surface area (Å²) in [6.07, 6.45) is 1.86. The number of hydrogen-bond donors (Lipinski definition) is 0. The van der Waals surface area contributed by atoms with E-state index < -0.39 is 0 Å². The highest BCUT2D eigenvalue weighted by Gasteiger charge is 2.15. The summed E-state index contributed by atoms with van der Waals surface area (Å²) >= 11 is 6.17. The summed E-state index contributed by atoms with van der Waals surface area (Å²) in [7, 11) is 0. The maximum atomic E-state index is 12.2. The molecule has 0 atom stereocenters. The van der Waals surface area contributed by atoms with Crippen LogP contribution in [0.2, 0.25) is 5.02 Å². The quantitative estimate of drug-likeness (QED) is 0.545. The molecule has 0 spiro atoms. The van der Waals surface area contributed by atoms with Crippen LogP contribution >= 0.6 is 11.6 Å². The van der Waals surface area contributed by atoms with Crippen molar-refractivity contribution in [3.63, 3.8) is 0 Å². The highest BCUT2D eigenvalue weighted by Crippen LogP contribution is 2.28. The number of benzene rings is 2. The van der Waals surface area contributed by atoms with Crippen LogP contribution in [-0.2, 0) is 11.3 Å². The van der Waals surface area contributed by atoms with E-state index in [-0.39, 0.29) is 5.97 Å². The second-order valence-corrected chi connectivity index (χ2v) is 6.82. The van der Waals surface area contributed by atoms with Crippen LogP contribution in [0.5, 0.6) is 0 Å². The number of aryl methyl sites for hydroxylation is 2. The molecule has 3 rings (SSSR count). The van der Waals surface area contributed by atoms with Gasteiger partial charge in [-0.2, -0.15) is 0 Å². The maximum absolute atomic E-state index is 12.2. The Balaban J connectivity index is 2.03. The minimum absolute atomic E-state index is 0.304. The number of carbonyl (C=O) groups is 1. The number of halogens is 1. The first-order chi connectivity index (χ1) is 12.5. The van der Waals surface area contributed by atoms with Crippen LogP contribution in [0.1, 0.15) is 34.0 Å². The van der Waals surface area contributed by atoms with Gasteiger partial charge in [0.1, 0.15) is 0 Å². The Labute approximate surface area is 159 Å². The molecule has 0 saturated carbocycles. The fourth-order valence-corrected chi connectivity index (χ4v) is 3.02. The van der Waals surface area contributed by atoms with E-state index in [0.717, 1.165) is 21.8 Å². The van der Waals surface area contributed by atoms with Crippen LogP contribution in [0.3, 0.4) is 0 Å². The van der Waals surface area contributed by atoms with Crippen molar-refractivity contribution >= 4 is 17.6 Å². The summed E-state index contributed by atoms with van der Waals surface area (Å²) in [6.45, 7) is 6.89. The summed E-state index contributed by atoms with van der Waals surface area (Å²) in [5.41, 5.74) is 5.95. The molecule has 134 valence electrons. The lowest BCUT2D eigenvalue weighted by Gasteiger charge is -2.11. The van der Waals surface area contributed by atoms with Gasteiger partial charge in [0.2, 0.25) is 0 Å². The Hall–Kier alpha value is -2.52. The Kier molecular flexibility index (Phi) is 5.48. The average molecular weight is 368 g/mol. The zero-order valence-corrected chi connectivity index (χ0v) is 16.0. The Morgan fingerprint density at radius 2 is 1.81 bits per heavy atom. The van der Waals surface area contributed by atoms with E-state index in [0.29, 0.717) is 18.7 Å². The van der Waals surface area contributed by atoms with Crippen molar-refractivity contribution < 1.29 is 9.53 Å². The molecule has 0 radical (unpaired) electrons. The van der Waals surface area contributed by atoms with Crippen LogP contribution < -0.4 is 0 Å². The van der Waals surface area contributed by atoms with E-state index in [2.05, 4.69) is 35.8 Å². The first kappa shape index (κ1) is 18.3. The van der Waals surface area contributed by atoms with E-state index in [9.17, 15) is 4.79 Å². The van der Waals surface area contributed by atoms with Gasteiger partial charge < -0.3 is 9.30 Å². The Morgan fingerprint density at radius 3 is 2.46 bits per heavy atom. The topological polar surface area (TPSA) is 31.2 Å². The minimum Gasteiger partial charge on any atom is -0.462 e. The van der Waals surface area contributed by atoms with E-state index in [1.807, 2.05) is 44.3 Å². The molecule has 4 heteroatoms. The van der Waals surface area contributed by atoms with Crippen molar-refractivity contribution in [2.75, 3.05) is 6.61 Å². The monoisotopic (exact) mass is 367 g/mol. The standard InChI is InChI=1S/C22H22ClNO2/c1-4-26-22(25)19-12-21(18-9-10-20(23)16(3)11-18)24(14-19)13-17-7-5-15(2)6-8-17/h5-12,14H,4,13H2,1-3H3. The molecular formula is C22H22ClNO2. The maximum Gasteiger partial charge on any atom is 0.339 e. The number of rotatable bonds is 5. The molecule has 0 aliphatic carbocycles. The number of aromatic nitrogens is 1. The lowest BCUT2D eigenvalue weighted by atomic mass is 10.1. The van der Waals surface area contributed by atoms with Gasteiger partial charge in [0.25, 0.3) is 0 Å². The summed E-state index contributed by atoms with van der Waals surface area (Å²) in [6, 6.07) is 16.2. The van der Waals surface area contributed by atoms with Crippen LogP contribution in [0.25, 0.3) is 11.3 Å². The van der Waals surface area contributed by atoms with Gasteiger partial charge in [0.05, 0.1) is 12.2 Å². The van der Waals surface area contributed by atoms with E-state index in [4.69, 9.17) is 16.3 Å². The highest BCUT2D eigenvalue weighted by atomic mass is 35.5. The smallest absolute Gasteiger partial charge is 0.339 e. The molecule has 0 amide bonds. The molecular weight excluding hydrogens is 346 g/mol. The Bertz CT molecular complexity index is 926. The summed E-state index contributed by atoms with van der Waals surface area (Å²) in [4.78, 5) is 12.2. The molecule has 26 heavy (non-hydrogen) atoms. The van der Waals surface area contributed by atoms with Crippen molar-refractivity contribution in [1.29, 1.82) is 0 Å². The SMILES string of the molecule is CCOC(=O)c1cc(-c2ccc(Cl)c(C)c2)n(Cc2ccc(C)cc2)c1. The summed E-state index contributed by atoms with van der Waals surface area (Å²) < 4.78 is 7.25. The summed E-state index contributed by atoms with van der Waals surface area (Å²) in [5.74, 6) is -0.304. The fourth-order valence-electron chi connectivity index (χ4n) is 2.91. The van der Waals surface area contributed by atoms with Crippen LogP contribution in [-0.4, -0.2) is 17.1 Å². The molecule has 0 aliphatic heterocycles. The molecule has 0 N–H and O–H groups in total. The molecule has 0 fully saturated rings. The number of carbonyl (C=O) groups excluding carboxylic acids is 1. The number of nitrogens with zero attached hydrogens (tertiary/aromatic N) is 1. The molecule has 1 heterocycles. The van der Waals surface area contributed by atoms with Gasteiger partial charge in [-0.25, -0.2) is 4.79 Å². The van der Waals surface area contributed by atoms with E-state index in [1.165, 1.54) is 11.1 Å². The zero-order chi connectivity index (χ0) is 18.7. The van der Waals surface area contributed by atoms with Crippen LogP contribution in [0.15, 0.2) is 54.7 Å². The normalized spacial score (nSPS) is 10.8. The predicted molar refractivity (Wildman–Crippen MR) is 106 cm³/mol. The third-order valence-electron chi connectivity index (χ3n) is 4.33. The second-order valence-electron chi connectivity index (χ2n) is 6.41. The zero-order valence-electron chi connectivity index (χ0n) is 15.3. The predicted octanol–water partition coefficient (Wildman–Crippen LogP) is 5.65. The highest BCUT2D eigenvalue weighted by molar-refractivity contribution is 6.31. The molecule has 3 nitrogen and oxygen atoms in total. The Morgan fingerprint density at radius 1 is 1.08 bits per heavy atom. The first-order valence-electron chi connectivity index (χ1n) is 8.67. The van der Waals surface area contributed by atoms with Gasteiger partial charge in [-0.3, -0.25) is 0 Å². The van der Waals surface area contributed by atoms with Gasteiger partial charge in [0.15, 0.2) is 0 Å². The van der Waals surface area contributed by atoms with Crippen molar-refractivity contribution in [3.8, 4) is 11.3 Å². The van der Waals surface area contributed by atoms with Crippen molar-refractivity contribution in [3.05, 3.63) is 82.0 Å². The molecule has 3 aromatic rings. The van der Waals surface area contributed by atoms with Gasteiger partial charge >= 0.3 is 5.97 Å². The van der Waals surface area contributed by atoms with Gasteiger partial charge in [-0.1, -0.05) is 47.5 Å². The van der Waals surface area contributed by atoms with Crippen molar-refractivity contribution in [1.82, 2.24) is 4.57 Å². The molecule has 0 unspecified atom stereocenters. The molecule has 0 saturated heterocycles. The lowest BCUT2D eigenvalue weighted by Crippen LogP contribution is -2.04. The van der Waals surface area contributed by atoms with Gasteiger partial charge in [-0.05, 0) is 55.7 Å². The van der Waals surface area contributed by atoms with Gasteiger partial charge in [0, 0.05) is 23.5 Å². The van der Waals surface area contributed by atoms with Crippen molar-refractivity contribution in [2.45, 2.75) is 27.3 Å². The fraction of sp³-hybridized carbons (Fsp3) is 0.227. The van der Waals surface area contributed by atoms with E-state index in [1.54, 1.807) is 0 Å². The third kappa shape index (κ3) is 4.00. The third-order valence-corrected chi connectivity index (χ3v) is 4.76. The van der Waals surface area contributed by atoms with Crippen LogP contribution in [0.4, 0.5) is 0 Å². The van der Waals surface area contributed by atoms with E-state index >= 15 is 0 Å². The minimum atomic E-state index is -0.304.